The molecule has 1 atom stereocenters. The lowest BCUT2D eigenvalue weighted by Gasteiger charge is -2.18. The van der Waals surface area contributed by atoms with Crippen LogP contribution >= 0.6 is 11.6 Å². The molecular formula is C14H19ClFN. The van der Waals surface area contributed by atoms with Gasteiger partial charge in [0.05, 0.1) is 0 Å². The first-order valence-electron chi connectivity index (χ1n) is 5.85. The standard InChI is InChI=1S/C14H19ClFN/c1-4-10(2)8-11(17-3)9-12-13(15)6-5-7-14(12)16/h5-7,11,17H,2,4,8-9H2,1,3H3. The van der Waals surface area contributed by atoms with Gasteiger partial charge >= 0.3 is 0 Å². The number of benzene rings is 1. The van der Waals surface area contributed by atoms with E-state index in [9.17, 15) is 4.39 Å². The zero-order valence-electron chi connectivity index (χ0n) is 10.4. The van der Waals surface area contributed by atoms with Crippen LogP contribution in [-0.2, 0) is 6.42 Å². The van der Waals surface area contributed by atoms with Crippen molar-refractivity contribution in [2.24, 2.45) is 0 Å². The molecule has 0 amide bonds. The van der Waals surface area contributed by atoms with E-state index in [1.807, 2.05) is 7.05 Å². The maximum Gasteiger partial charge on any atom is 0.127 e. The third kappa shape index (κ3) is 4.14. The molecule has 94 valence electrons. The molecule has 0 bridgehead atoms. The SMILES string of the molecule is C=C(CC)CC(Cc1c(F)cccc1Cl)NC. The summed E-state index contributed by atoms with van der Waals surface area (Å²) in [5, 5.41) is 3.68. The van der Waals surface area contributed by atoms with Crippen molar-refractivity contribution < 1.29 is 4.39 Å². The second-order valence-corrected chi connectivity index (χ2v) is 4.60. The van der Waals surface area contributed by atoms with Crippen molar-refractivity contribution in [3.8, 4) is 0 Å². The van der Waals surface area contributed by atoms with Crippen LogP contribution in [0.1, 0.15) is 25.3 Å². The van der Waals surface area contributed by atoms with Crippen LogP contribution in [0.25, 0.3) is 0 Å². The second-order valence-electron chi connectivity index (χ2n) is 4.20. The Bertz CT molecular complexity index is 370. The summed E-state index contributed by atoms with van der Waals surface area (Å²) in [4.78, 5) is 0. The Hall–Kier alpha value is -0.860. The van der Waals surface area contributed by atoms with Crippen LogP contribution in [0.3, 0.4) is 0 Å². The van der Waals surface area contributed by atoms with Gasteiger partial charge < -0.3 is 5.32 Å². The third-order valence-corrected chi connectivity index (χ3v) is 3.31. The van der Waals surface area contributed by atoms with Crippen molar-refractivity contribution in [3.05, 3.63) is 46.8 Å². The Kier molecular flexibility index (Phi) is 5.66. The first kappa shape index (κ1) is 14.2. The number of halogens is 2. The van der Waals surface area contributed by atoms with Gasteiger partial charge in [-0.3, -0.25) is 0 Å². The fourth-order valence-corrected chi connectivity index (χ4v) is 1.98. The third-order valence-electron chi connectivity index (χ3n) is 2.96. The molecule has 0 saturated heterocycles. The Morgan fingerprint density at radius 2 is 2.24 bits per heavy atom. The molecule has 1 aromatic rings. The van der Waals surface area contributed by atoms with Gasteiger partial charge in [-0.2, -0.15) is 0 Å². The second kappa shape index (κ2) is 6.77. The highest BCUT2D eigenvalue weighted by Crippen LogP contribution is 2.22. The highest BCUT2D eigenvalue weighted by Gasteiger charge is 2.14. The Morgan fingerprint density at radius 3 is 2.76 bits per heavy atom. The lowest BCUT2D eigenvalue weighted by Crippen LogP contribution is -2.28. The normalized spacial score (nSPS) is 12.5. The number of nitrogens with one attached hydrogen (secondary N) is 1. The van der Waals surface area contributed by atoms with Crippen molar-refractivity contribution >= 4 is 11.6 Å². The summed E-state index contributed by atoms with van der Waals surface area (Å²) in [6, 6.07) is 4.97. The molecule has 1 rings (SSSR count). The van der Waals surface area contributed by atoms with Crippen molar-refractivity contribution in [2.45, 2.75) is 32.2 Å². The van der Waals surface area contributed by atoms with E-state index in [1.165, 1.54) is 6.07 Å². The van der Waals surface area contributed by atoms with Gasteiger partial charge in [-0.15, -0.1) is 0 Å². The quantitative estimate of drug-likeness (QED) is 0.759. The predicted molar refractivity (Wildman–Crippen MR) is 72.0 cm³/mol. The lowest BCUT2D eigenvalue weighted by atomic mass is 9.98. The molecule has 0 saturated carbocycles. The lowest BCUT2D eigenvalue weighted by molar-refractivity contribution is 0.527. The molecule has 1 N–H and O–H groups in total. The fourth-order valence-electron chi connectivity index (χ4n) is 1.74. The minimum absolute atomic E-state index is 0.178. The van der Waals surface area contributed by atoms with E-state index in [0.717, 1.165) is 18.4 Å². The largest absolute Gasteiger partial charge is 0.316 e. The molecule has 0 heterocycles. The summed E-state index contributed by atoms with van der Waals surface area (Å²) in [6.45, 7) is 6.06. The molecule has 3 heteroatoms. The van der Waals surface area contributed by atoms with Crippen LogP contribution < -0.4 is 5.32 Å². The minimum Gasteiger partial charge on any atom is -0.316 e. The summed E-state index contributed by atoms with van der Waals surface area (Å²) >= 11 is 6.01. The first-order valence-corrected chi connectivity index (χ1v) is 6.23. The minimum atomic E-state index is -0.236. The van der Waals surface area contributed by atoms with Crippen LogP contribution in [-0.4, -0.2) is 13.1 Å². The van der Waals surface area contributed by atoms with E-state index < -0.39 is 0 Å². The van der Waals surface area contributed by atoms with Crippen LogP contribution in [0.2, 0.25) is 5.02 Å². The van der Waals surface area contributed by atoms with Crippen LogP contribution in [0, 0.1) is 5.82 Å². The van der Waals surface area contributed by atoms with Crippen LogP contribution in [0.5, 0.6) is 0 Å². The summed E-state index contributed by atoms with van der Waals surface area (Å²) in [7, 11) is 1.88. The summed E-state index contributed by atoms with van der Waals surface area (Å²) in [6.07, 6.45) is 2.38. The number of hydrogen-bond acceptors (Lipinski definition) is 1. The zero-order valence-corrected chi connectivity index (χ0v) is 11.1. The molecule has 1 aromatic carbocycles. The van der Waals surface area contributed by atoms with E-state index in [-0.39, 0.29) is 11.9 Å². The maximum absolute atomic E-state index is 13.6. The van der Waals surface area contributed by atoms with Gasteiger partial charge in [-0.1, -0.05) is 36.7 Å². The van der Waals surface area contributed by atoms with Crippen LogP contribution in [0.15, 0.2) is 30.4 Å². The van der Waals surface area contributed by atoms with Gasteiger partial charge in [0.2, 0.25) is 0 Å². The number of likely N-dealkylation sites (N-methyl/N-ethyl adjacent to an activating group) is 1. The summed E-state index contributed by atoms with van der Waals surface area (Å²) in [5.74, 6) is -0.236. The van der Waals surface area contributed by atoms with Crippen molar-refractivity contribution in [3.63, 3.8) is 0 Å². The number of rotatable bonds is 6. The summed E-state index contributed by atoms with van der Waals surface area (Å²) < 4.78 is 13.6. The molecule has 0 fully saturated rings. The first-order chi connectivity index (χ1) is 8.08. The van der Waals surface area contributed by atoms with Gasteiger partial charge in [0.1, 0.15) is 5.82 Å². The van der Waals surface area contributed by atoms with E-state index in [0.29, 0.717) is 17.0 Å². The molecule has 0 aliphatic rings. The molecular weight excluding hydrogens is 237 g/mol. The highest BCUT2D eigenvalue weighted by atomic mass is 35.5. The molecule has 0 spiro atoms. The van der Waals surface area contributed by atoms with E-state index in [2.05, 4.69) is 18.8 Å². The zero-order chi connectivity index (χ0) is 12.8. The van der Waals surface area contributed by atoms with Gasteiger partial charge in [0.25, 0.3) is 0 Å². The van der Waals surface area contributed by atoms with Crippen molar-refractivity contribution in [1.29, 1.82) is 0 Å². The topological polar surface area (TPSA) is 12.0 Å². The summed E-state index contributed by atoms with van der Waals surface area (Å²) in [5.41, 5.74) is 1.74. The van der Waals surface area contributed by atoms with Gasteiger partial charge in [0, 0.05) is 16.6 Å². The molecule has 0 aliphatic heterocycles. The predicted octanol–water partition coefficient (Wildman–Crippen LogP) is 3.97. The molecule has 0 aromatic heterocycles. The van der Waals surface area contributed by atoms with Gasteiger partial charge in [0.15, 0.2) is 0 Å². The Morgan fingerprint density at radius 1 is 1.53 bits per heavy atom. The van der Waals surface area contributed by atoms with Crippen LogP contribution in [0.4, 0.5) is 4.39 Å². The molecule has 1 unspecified atom stereocenters. The smallest absolute Gasteiger partial charge is 0.127 e. The molecule has 0 aliphatic carbocycles. The molecule has 17 heavy (non-hydrogen) atoms. The van der Waals surface area contributed by atoms with E-state index in [1.54, 1.807) is 12.1 Å². The average molecular weight is 256 g/mol. The Labute approximate surface area is 108 Å². The average Bonchev–Trinajstić information content (AvgIpc) is 2.32. The van der Waals surface area contributed by atoms with E-state index in [4.69, 9.17) is 11.6 Å². The monoisotopic (exact) mass is 255 g/mol. The van der Waals surface area contributed by atoms with Gasteiger partial charge in [-0.25, -0.2) is 4.39 Å². The fraction of sp³-hybridized carbons (Fsp3) is 0.429. The highest BCUT2D eigenvalue weighted by molar-refractivity contribution is 6.31. The number of hydrogen-bond donors (Lipinski definition) is 1. The molecule has 1 nitrogen and oxygen atoms in total. The van der Waals surface area contributed by atoms with E-state index >= 15 is 0 Å². The molecule has 0 radical (unpaired) electrons. The van der Waals surface area contributed by atoms with Crippen molar-refractivity contribution in [2.75, 3.05) is 7.05 Å². The van der Waals surface area contributed by atoms with Gasteiger partial charge in [-0.05, 0) is 38.4 Å². The Balaban J connectivity index is 2.77. The van der Waals surface area contributed by atoms with Crippen molar-refractivity contribution in [1.82, 2.24) is 5.32 Å². The maximum atomic E-state index is 13.6.